The van der Waals surface area contributed by atoms with Crippen LogP contribution in [0.3, 0.4) is 0 Å². The molecule has 0 aromatic heterocycles. The molecule has 2 aromatic rings. The van der Waals surface area contributed by atoms with Crippen LogP contribution in [0.5, 0.6) is 5.75 Å². The van der Waals surface area contributed by atoms with Gasteiger partial charge in [0.25, 0.3) is 5.91 Å². The van der Waals surface area contributed by atoms with Crippen LogP contribution in [0.4, 0.5) is 0 Å². The molecule has 1 saturated heterocycles. The van der Waals surface area contributed by atoms with Crippen molar-refractivity contribution in [2.45, 2.75) is 6.04 Å². The average Bonchev–Trinajstić information content (AvgIpc) is 2.63. The molecule has 1 heterocycles. The van der Waals surface area contributed by atoms with E-state index < -0.39 is 11.9 Å². The molecule has 2 amide bonds. The Balaban J connectivity index is 1.70. The van der Waals surface area contributed by atoms with Gasteiger partial charge in [0.2, 0.25) is 5.91 Å². The largest absolute Gasteiger partial charge is 0.507 e. The maximum Gasteiger partial charge on any atom is 0.257 e. The van der Waals surface area contributed by atoms with Crippen LogP contribution in [0.15, 0.2) is 54.6 Å². The summed E-state index contributed by atoms with van der Waals surface area (Å²) in [6, 6.07) is 15.4. The molecule has 3 N–H and O–H groups in total. The number of hydrogen-bond acceptors (Lipinski definition) is 4. The number of primary amides is 1. The fourth-order valence-electron chi connectivity index (χ4n) is 3.20. The number of carbonyl (C=O) groups excluding carboxylic acids is 2. The van der Waals surface area contributed by atoms with E-state index in [-0.39, 0.29) is 11.7 Å². The van der Waals surface area contributed by atoms with E-state index in [9.17, 15) is 14.7 Å². The standard InChI is InChI=1S/C19H21N3O3/c20-18(24)17(14-6-2-1-3-7-14)21-10-12-22(13-11-21)19(25)15-8-4-5-9-16(15)23/h1-9,17,23H,10-13H2,(H2,20,24)/t17-/m0/s1. The van der Waals surface area contributed by atoms with Gasteiger partial charge >= 0.3 is 0 Å². The van der Waals surface area contributed by atoms with Gasteiger partial charge in [0, 0.05) is 26.2 Å². The number of piperazine rings is 1. The molecular formula is C19H21N3O3. The number of nitrogens with two attached hydrogens (primary N) is 1. The van der Waals surface area contributed by atoms with Crippen LogP contribution in [-0.4, -0.2) is 52.9 Å². The zero-order valence-electron chi connectivity index (χ0n) is 13.8. The van der Waals surface area contributed by atoms with Crippen molar-refractivity contribution in [1.82, 2.24) is 9.80 Å². The Kier molecular flexibility index (Phi) is 5.00. The second-order valence-electron chi connectivity index (χ2n) is 6.06. The topological polar surface area (TPSA) is 86.9 Å². The summed E-state index contributed by atoms with van der Waals surface area (Å²) >= 11 is 0. The predicted molar refractivity (Wildman–Crippen MR) is 94.0 cm³/mol. The third-order valence-electron chi connectivity index (χ3n) is 4.49. The fraction of sp³-hybridized carbons (Fsp3) is 0.263. The van der Waals surface area contributed by atoms with E-state index in [1.54, 1.807) is 23.1 Å². The van der Waals surface area contributed by atoms with Crippen LogP contribution < -0.4 is 5.73 Å². The highest BCUT2D eigenvalue weighted by molar-refractivity contribution is 5.96. The fourth-order valence-corrected chi connectivity index (χ4v) is 3.20. The van der Waals surface area contributed by atoms with Crippen molar-refractivity contribution in [2.24, 2.45) is 5.73 Å². The van der Waals surface area contributed by atoms with Crippen molar-refractivity contribution in [3.05, 3.63) is 65.7 Å². The van der Waals surface area contributed by atoms with E-state index in [4.69, 9.17) is 5.73 Å². The van der Waals surface area contributed by atoms with E-state index in [2.05, 4.69) is 0 Å². The molecular weight excluding hydrogens is 318 g/mol. The van der Waals surface area contributed by atoms with Gasteiger partial charge in [-0.3, -0.25) is 14.5 Å². The maximum atomic E-state index is 12.6. The molecule has 1 fully saturated rings. The molecule has 2 aromatic carbocycles. The van der Waals surface area contributed by atoms with E-state index in [0.29, 0.717) is 31.7 Å². The molecule has 0 bridgehead atoms. The van der Waals surface area contributed by atoms with Gasteiger partial charge in [-0.2, -0.15) is 0 Å². The summed E-state index contributed by atoms with van der Waals surface area (Å²) in [5.41, 5.74) is 6.76. The Morgan fingerprint density at radius 1 is 0.920 bits per heavy atom. The lowest BCUT2D eigenvalue weighted by Crippen LogP contribution is -2.51. The maximum absolute atomic E-state index is 12.6. The molecule has 6 nitrogen and oxygen atoms in total. The van der Waals surface area contributed by atoms with Gasteiger partial charge in [-0.25, -0.2) is 0 Å². The molecule has 1 aliphatic rings. The summed E-state index contributed by atoms with van der Waals surface area (Å²) in [4.78, 5) is 28.2. The van der Waals surface area contributed by atoms with Crippen LogP contribution in [0.2, 0.25) is 0 Å². The lowest BCUT2D eigenvalue weighted by atomic mass is 10.0. The molecule has 1 atom stereocenters. The molecule has 130 valence electrons. The smallest absolute Gasteiger partial charge is 0.257 e. The van der Waals surface area contributed by atoms with Crippen LogP contribution in [0.25, 0.3) is 0 Å². The first-order valence-corrected chi connectivity index (χ1v) is 8.23. The first-order chi connectivity index (χ1) is 12.1. The number of aromatic hydroxyl groups is 1. The monoisotopic (exact) mass is 339 g/mol. The first kappa shape index (κ1) is 17.0. The summed E-state index contributed by atoms with van der Waals surface area (Å²) in [5, 5.41) is 9.85. The highest BCUT2D eigenvalue weighted by Crippen LogP contribution is 2.23. The number of para-hydroxylation sites is 1. The molecule has 0 aliphatic carbocycles. The quantitative estimate of drug-likeness (QED) is 0.881. The summed E-state index contributed by atoms with van der Waals surface area (Å²) in [7, 11) is 0. The number of rotatable bonds is 4. The van der Waals surface area contributed by atoms with Gasteiger partial charge in [-0.1, -0.05) is 42.5 Å². The average molecular weight is 339 g/mol. The van der Waals surface area contributed by atoms with E-state index >= 15 is 0 Å². The second-order valence-corrected chi connectivity index (χ2v) is 6.06. The van der Waals surface area contributed by atoms with Gasteiger partial charge < -0.3 is 15.7 Å². The Morgan fingerprint density at radius 2 is 1.52 bits per heavy atom. The zero-order valence-corrected chi connectivity index (χ0v) is 13.8. The molecule has 1 aliphatic heterocycles. The number of nitrogens with zero attached hydrogens (tertiary/aromatic N) is 2. The highest BCUT2D eigenvalue weighted by atomic mass is 16.3. The lowest BCUT2D eigenvalue weighted by molar-refractivity contribution is -0.124. The van der Waals surface area contributed by atoms with Crippen LogP contribution in [0.1, 0.15) is 22.0 Å². The minimum Gasteiger partial charge on any atom is -0.507 e. The number of amides is 2. The number of carbonyl (C=O) groups is 2. The Bertz CT molecular complexity index is 756. The van der Waals surface area contributed by atoms with Crippen LogP contribution in [0, 0.1) is 0 Å². The third-order valence-corrected chi connectivity index (χ3v) is 4.49. The van der Waals surface area contributed by atoms with Gasteiger partial charge in [0.1, 0.15) is 11.8 Å². The second kappa shape index (κ2) is 7.36. The predicted octanol–water partition coefficient (Wildman–Crippen LogP) is 1.38. The Labute approximate surface area is 146 Å². The summed E-state index contributed by atoms with van der Waals surface area (Å²) in [5.74, 6) is -0.617. The van der Waals surface area contributed by atoms with Crippen molar-refractivity contribution in [1.29, 1.82) is 0 Å². The molecule has 0 spiro atoms. The van der Waals surface area contributed by atoms with Crippen molar-refractivity contribution in [3.8, 4) is 5.75 Å². The van der Waals surface area contributed by atoms with Gasteiger partial charge in [-0.05, 0) is 17.7 Å². The Hall–Kier alpha value is -2.86. The lowest BCUT2D eigenvalue weighted by Gasteiger charge is -2.38. The van der Waals surface area contributed by atoms with Gasteiger partial charge in [-0.15, -0.1) is 0 Å². The van der Waals surface area contributed by atoms with Gasteiger partial charge in [0.15, 0.2) is 0 Å². The minimum atomic E-state index is -0.497. The van der Waals surface area contributed by atoms with Crippen molar-refractivity contribution in [3.63, 3.8) is 0 Å². The number of hydrogen-bond donors (Lipinski definition) is 2. The molecule has 3 rings (SSSR count). The highest BCUT2D eigenvalue weighted by Gasteiger charge is 2.31. The van der Waals surface area contributed by atoms with E-state index in [0.717, 1.165) is 5.56 Å². The number of phenols is 1. The summed E-state index contributed by atoms with van der Waals surface area (Å²) < 4.78 is 0. The van der Waals surface area contributed by atoms with E-state index in [1.807, 2.05) is 35.2 Å². The normalized spacial score (nSPS) is 16.4. The Morgan fingerprint density at radius 3 is 2.12 bits per heavy atom. The summed E-state index contributed by atoms with van der Waals surface area (Å²) in [6.07, 6.45) is 0. The van der Waals surface area contributed by atoms with Gasteiger partial charge in [0.05, 0.1) is 5.56 Å². The number of phenolic OH excluding ortho intramolecular Hbond substituents is 1. The molecule has 25 heavy (non-hydrogen) atoms. The SMILES string of the molecule is NC(=O)[C@H](c1ccccc1)N1CCN(C(=O)c2ccccc2O)CC1. The van der Waals surface area contributed by atoms with E-state index in [1.165, 1.54) is 6.07 Å². The molecule has 0 radical (unpaired) electrons. The minimum absolute atomic E-state index is 0.0192. The van der Waals surface area contributed by atoms with Crippen molar-refractivity contribution in [2.75, 3.05) is 26.2 Å². The molecule has 0 saturated carbocycles. The number of benzene rings is 2. The molecule has 6 heteroatoms. The van der Waals surface area contributed by atoms with Crippen LogP contribution >= 0.6 is 0 Å². The van der Waals surface area contributed by atoms with Crippen LogP contribution in [-0.2, 0) is 4.79 Å². The van der Waals surface area contributed by atoms with Crippen molar-refractivity contribution >= 4 is 11.8 Å². The zero-order chi connectivity index (χ0) is 17.8. The summed E-state index contributed by atoms with van der Waals surface area (Å²) in [6.45, 7) is 2.04. The van der Waals surface area contributed by atoms with Crippen molar-refractivity contribution < 1.29 is 14.7 Å². The third kappa shape index (κ3) is 3.64. The first-order valence-electron chi connectivity index (χ1n) is 8.23. The molecule has 0 unspecified atom stereocenters.